The second-order valence-corrected chi connectivity index (χ2v) is 4.38. The molecule has 0 aliphatic heterocycles. The maximum absolute atomic E-state index is 10.8. The summed E-state index contributed by atoms with van der Waals surface area (Å²) in [4.78, 5) is 19.1. The third kappa shape index (κ3) is 2.62. The molecule has 0 amide bonds. The topological polar surface area (TPSA) is 91.8 Å². The van der Waals surface area contributed by atoms with Crippen molar-refractivity contribution < 1.29 is 9.90 Å². The van der Waals surface area contributed by atoms with Gasteiger partial charge in [-0.2, -0.15) is 0 Å². The Morgan fingerprint density at radius 1 is 1.35 bits per heavy atom. The molecule has 0 bridgehead atoms. The number of aryl methyl sites for hydroxylation is 2. The second kappa shape index (κ2) is 4.54. The average molecular weight is 250 g/mol. The van der Waals surface area contributed by atoms with E-state index in [1.54, 1.807) is 13.0 Å². The molecule has 2 rings (SSSR count). The second-order valence-electron chi connectivity index (χ2n) is 3.39. The first-order chi connectivity index (χ1) is 8.06. The minimum absolute atomic E-state index is 0.209. The summed E-state index contributed by atoms with van der Waals surface area (Å²) in [6, 6.07) is 3.18. The summed E-state index contributed by atoms with van der Waals surface area (Å²) in [5, 5.41) is 16.8. The van der Waals surface area contributed by atoms with Gasteiger partial charge in [0.1, 0.15) is 10.9 Å². The first kappa shape index (κ1) is 11.6. The monoisotopic (exact) mass is 250 g/mol. The Bertz CT molecular complexity index is 567. The highest BCUT2D eigenvalue weighted by molar-refractivity contribution is 7.99. The molecule has 2 heterocycles. The molecule has 0 aliphatic carbocycles. The van der Waals surface area contributed by atoms with Crippen LogP contribution in [0, 0.1) is 13.8 Å². The van der Waals surface area contributed by atoms with E-state index in [2.05, 4.69) is 20.2 Å². The van der Waals surface area contributed by atoms with Gasteiger partial charge in [-0.05, 0) is 37.7 Å². The molecular weight excluding hydrogens is 240 g/mol. The lowest BCUT2D eigenvalue weighted by Crippen LogP contribution is -2.01. The quantitative estimate of drug-likeness (QED) is 0.860. The lowest BCUT2D eigenvalue weighted by molar-refractivity contribution is 0.0695. The lowest BCUT2D eigenvalue weighted by Gasteiger charge is -2.01. The van der Waals surface area contributed by atoms with Crippen LogP contribution >= 0.6 is 11.8 Å². The van der Waals surface area contributed by atoms with Crippen LogP contribution in [-0.2, 0) is 0 Å². The van der Waals surface area contributed by atoms with Gasteiger partial charge in [-0.1, -0.05) is 0 Å². The Hall–Kier alpha value is -1.89. The van der Waals surface area contributed by atoms with Crippen molar-refractivity contribution in [2.24, 2.45) is 0 Å². The highest BCUT2D eigenvalue weighted by Crippen LogP contribution is 2.23. The van der Waals surface area contributed by atoms with E-state index in [0.29, 0.717) is 15.9 Å². The molecule has 0 saturated heterocycles. The van der Waals surface area contributed by atoms with Crippen LogP contribution in [0.25, 0.3) is 0 Å². The van der Waals surface area contributed by atoms with Crippen LogP contribution < -0.4 is 0 Å². The largest absolute Gasteiger partial charge is 0.478 e. The number of aromatic nitrogens is 4. The summed E-state index contributed by atoms with van der Waals surface area (Å²) in [6.07, 6.45) is 0. The number of carboxylic acids is 1. The molecule has 0 radical (unpaired) electrons. The first-order valence-electron chi connectivity index (χ1n) is 4.84. The Labute approximate surface area is 101 Å². The molecule has 0 aliphatic rings. The minimum Gasteiger partial charge on any atom is -0.478 e. The molecule has 2 aromatic rings. The van der Waals surface area contributed by atoms with E-state index in [1.807, 2.05) is 6.92 Å². The lowest BCUT2D eigenvalue weighted by atomic mass is 10.2. The zero-order chi connectivity index (χ0) is 12.4. The smallest absolute Gasteiger partial charge is 0.337 e. The van der Waals surface area contributed by atoms with E-state index in [4.69, 9.17) is 5.11 Å². The van der Waals surface area contributed by atoms with Crippen LogP contribution in [0.2, 0.25) is 0 Å². The van der Waals surface area contributed by atoms with Gasteiger partial charge in [0.2, 0.25) is 5.16 Å². The Morgan fingerprint density at radius 2 is 2.12 bits per heavy atom. The number of aromatic amines is 1. The molecule has 0 aromatic carbocycles. The fourth-order valence-corrected chi connectivity index (χ4v) is 2.06. The van der Waals surface area contributed by atoms with Crippen molar-refractivity contribution in [2.75, 3.05) is 0 Å². The van der Waals surface area contributed by atoms with Crippen LogP contribution in [0.1, 0.15) is 21.9 Å². The van der Waals surface area contributed by atoms with Crippen LogP contribution in [0.3, 0.4) is 0 Å². The maximum atomic E-state index is 10.8. The molecule has 2 N–H and O–H groups in total. The van der Waals surface area contributed by atoms with Gasteiger partial charge in [0.05, 0.1) is 11.3 Å². The summed E-state index contributed by atoms with van der Waals surface area (Å²) in [5.74, 6) is -0.244. The Balaban J connectivity index is 2.23. The van der Waals surface area contributed by atoms with Gasteiger partial charge >= 0.3 is 5.97 Å². The SMILES string of the molecule is Cc1nc(Sc2ccc(C(=O)O)c(C)n2)n[nH]1. The molecule has 88 valence electrons. The van der Waals surface area contributed by atoms with E-state index < -0.39 is 5.97 Å². The molecular formula is C10H10N4O2S. The van der Waals surface area contributed by atoms with Gasteiger partial charge in [-0.15, -0.1) is 5.10 Å². The van der Waals surface area contributed by atoms with Gasteiger partial charge in [0, 0.05) is 0 Å². The van der Waals surface area contributed by atoms with Crippen LogP contribution in [0.5, 0.6) is 0 Å². The van der Waals surface area contributed by atoms with E-state index >= 15 is 0 Å². The van der Waals surface area contributed by atoms with Crippen molar-refractivity contribution in [3.8, 4) is 0 Å². The predicted molar refractivity (Wildman–Crippen MR) is 61.2 cm³/mol. The standard InChI is InChI=1S/C10H10N4O2S/c1-5-7(9(15)16)3-4-8(11-5)17-10-12-6(2)13-14-10/h3-4H,1-2H3,(H,15,16)(H,12,13,14). The number of carboxylic acid groups (broad SMARTS) is 1. The zero-order valence-electron chi connectivity index (χ0n) is 9.26. The van der Waals surface area contributed by atoms with Gasteiger partial charge in [0.25, 0.3) is 0 Å². The van der Waals surface area contributed by atoms with E-state index in [9.17, 15) is 4.79 Å². The highest BCUT2D eigenvalue weighted by atomic mass is 32.2. The number of pyridine rings is 1. The number of hydrogen-bond donors (Lipinski definition) is 2. The van der Waals surface area contributed by atoms with E-state index in [-0.39, 0.29) is 5.56 Å². The van der Waals surface area contributed by atoms with Crippen molar-refractivity contribution in [1.82, 2.24) is 20.2 Å². The Morgan fingerprint density at radius 3 is 2.65 bits per heavy atom. The van der Waals surface area contributed by atoms with Crippen molar-refractivity contribution in [3.05, 3.63) is 29.2 Å². The maximum Gasteiger partial charge on any atom is 0.337 e. The molecule has 0 fully saturated rings. The summed E-state index contributed by atoms with van der Waals surface area (Å²) >= 11 is 1.29. The fraction of sp³-hybridized carbons (Fsp3) is 0.200. The minimum atomic E-state index is -0.972. The first-order valence-corrected chi connectivity index (χ1v) is 5.65. The fourth-order valence-electron chi connectivity index (χ4n) is 1.28. The summed E-state index contributed by atoms with van der Waals surface area (Å²) in [6.45, 7) is 3.47. The number of aromatic carboxylic acids is 1. The molecule has 7 heteroatoms. The number of nitrogens with zero attached hydrogens (tertiary/aromatic N) is 3. The molecule has 2 aromatic heterocycles. The molecule has 17 heavy (non-hydrogen) atoms. The molecule has 0 unspecified atom stereocenters. The van der Waals surface area contributed by atoms with Crippen molar-refractivity contribution in [2.45, 2.75) is 24.0 Å². The van der Waals surface area contributed by atoms with Crippen LogP contribution in [0.15, 0.2) is 22.3 Å². The average Bonchev–Trinajstić information content (AvgIpc) is 2.63. The summed E-state index contributed by atoms with van der Waals surface area (Å²) in [5.41, 5.74) is 0.690. The van der Waals surface area contributed by atoms with Gasteiger partial charge in [-0.25, -0.2) is 14.8 Å². The van der Waals surface area contributed by atoms with Crippen molar-refractivity contribution >= 4 is 17.7 Å². The van der Waals surface area contributed by atoms with Crippen LogP contribution in [0.4, 0.5) is 0 Å². The summed E-state index contributed by atoms with van der Waals surface area (Å²) in [7, 11) is 0. The van der Waals surface area contributed by atoms with E-state index in [0.717, 1.165) is 5.82 Å². The third-order valence-corrected chi connectivity index (χ3v) is 2.86. The van der Waals surface area contributed by atoms with Crippen LogP contribution in [-0.4, -0.2) is 31.2 Å². The number of nitrogens with one attached hydrogen (secondary N) is 1. The van der Waals surface area contributed by atoms with Gasteiger partial charge < -0.3 is 5.11 Å². The number of hydrogen-bond acceptors (Lipinski definition) is 5. The van der Waals surface area contributed by atoms with E-state index in [1.165, 1.54) is 17.8 Å². The number of rotatable bonds is 3. The van der Waals surface area contributed by atoms with Gasteiger partial charge in [0.15, 0.2) is 0 Å². The predicted octanol–water partition coefficient (Wildman–Crippen LogP) is 1.67. The summed E-state index contributed by atoms with van der Waals surface area (Å²) < 4.78 is 0. The van der Waals surface area contributed by atoms with Crippen molar-refractivity contribution in [1.29, 1.82) is 0 Å². The van der Waals surface area contributed by atoms with Crippen molar-refractivity contribution in [3.63, 3.8) is 0 Å². The third-order valence-electron chi connectivity index (χ3n) is 2.06. The van der Waals surface area contributed by atoms with Gasteiger partial charge in [-0.3, -0.25) is 5.10 Å². The Kier molecular flexibility index (Phi) is 3.10. The normalized spacial score (nSPS) is 10.5. The molecule has 0 spiro atoms. The zero-order valence-corrected chi connectivity index (χ0v) is 10.1. The molecule has 0 atom stereocenters. The molecule has 0 saturated carbocycles. The number of H-pyrrole nitrogens is 1. The highest BCUT2D eigenvalue weighted by Gasteiger charge is 2.10. The number of carbonyl (C=O) groups is 1. The molecule has 6 nitrogen and oxygen atoms in total.